The van der Waals surface area contributed by atoms with Gasteiger partial charge in [-0.1, -0.05) is 0 Å². The Morgan fingerprint density at radius 3 is 1.45 bits per heavy atom. The van der Waals surface area contributed by atoms with Gasteiger partial charge in [0.2, 0.25) is 0 Å². The molecule has 0 fully saturated rings. The van der Waals surface area contributed by atoms with E-state index in [1.165, 1.54) is 0 Å². The molecule has 0 aromatic heterocycles. The third-order valence-electron chi connectivity index (χ3n) is 0.539. The van der Waals surface area contributed by atoms with Crippen LogP contribution in [0.2, 0.25) is 0 Å². The first-order chi connectivity index (χ1) is 4.25. The van der Waals surface area contributed by atoms with E-state index >= 15 is 0 Å². The Morgan fingerprint density at radius 2 is 1.45 bits per heavy atom. The number of rotatable bonds is 1. The minimum Gasteiger partial charge on any atom is -0.745 e. The maximum absolute atomic E-state index is 9.85. The predicted octanol–water partition coefficient (Wildman–Crippen LogP) is -4.07. The van der Waals surface area contributed by atoms with E-state index in [9.17, 15) is 13.0 Å². The fraction of sp³-hybridized carbons (Fsp3) is 0.500. The smallest absolute Gasteiger partial charge is 0.745 e. The van der Waals surface area contributed by atoms with Gasteiger partial charge in [0.15, 0.2) is 4.99 Å². The second-order valence-corrected chi connectivity index (χ2v) is 3.43. The van der Waals surface area contributed by atoms with E-state index < -0.39 is 15.1 Å². The minimum atomic E-state index is -4.53. The summed E-state index contributed by atoms with van der Waals surface area (Å²) < 4.78 is 29.5. The fourth-order valence-corrected chi connectivity index (χ4v) is 0. The monoisotopic (exact) mass is 190 g/mol. The first kappa shape index (κ1) is 17.6. The Hall–Kier alpha value is 0.570. The van der Waals surface area contributed by atoms with Crippen molar-refractivity contribution in [1.82, 2.24) is 0 Å². The standard InChI is InChI=1S/C2H8N2O3S.C2H4.Na/c1-2(3,4)8(5,6)7;1-2;/h3-4H2,1H3,(H,5,6,7);1-2H2;/q;;+1/p-1. The number of nitrogens with two attached hydrogens (primary N) is 2. The van der Waals surface area contributed by atoms with E-state index in [1.54, 1.807) is 0 Å². The SMILES string of the molecule is C=C.CC(N)(N)S(=O)(=O)[O-].[Na+]. The molecule has 11 heavy (non-hydrogen) atoms. The van der Waals surface area contributed by atoms with Crippen LogP contribution in [0.3, 0.4) is 0 Å². The summed E-state index contributed by atoms with van der Waals surface area (Å²) in [6.07, 6.45) is 0. The molecular formula is C4H11N2NaO3S. The van der Waals surface area contributed by atoms with Crippen molar-refractivity contribution in [3.05, 3.63) is 13.2 Å². The molecule has 0 amide bonds. The molecule has 0 saturated heterocycles. The quantitative estimate of drug-likeness (QED) is 0.189. The van der Waals surface area contributed by atoms with Gasteiger partial charge in [0.25, 0.3) is 0 Å². The molecule has 0 aromatic carbocycles. The summed E-state index contributed by atoms with van der Waals surface area (Å²) in [4.78, 5) is -2.15. The van der Waals surface area contributed by atoms with Crippen molar-refractivity contribution in [3.8, 4) is 0 Å². The summed E-state index contributed by atoms with van der Waals surface area (Å²) >= 11 is 0. The largest absolute Gasteiger partial charge is 1.00 e. The molecule has 4 N–H and O–H groups in total. The normalized spacial score (nSPS) is 10.5. The molecule has 7 heteroatoms. The molecular weight excluding hydrogens is 179 g/mol. The molecule has 62 valence electrons. The molecule has 0 aliphatic rings. The Morgan fingerprint density at radius 1 is 1.36 bits per heavy atom. The van der Waals surface area contributed by atoms with Crippen molar-refractivity contribution < 1.29 is 42.5 Å². The third-order valence-corrected chi connectivity index (χ3v) is 1.62. The van der Waals surface area contributed by atoms with Gasteiger partial charge in [0, 0.05) is 0 Å². The molecule has 0 spiro atoms. The van der Waals surface area contributed by atoms with Crippen molar-refractivity contribution in [3.63, 3.8) is 0 Å². The molecule has 0 bridgehead atoms. The summed E-state index contributed by atoms with van der Waals surface area (Å²) in [6, 6.07) is 0. The molecule has 0 rings (SSSR count). The van der Waals surface area contributed by atoms with Crippen LogP contribution < -0.4 is 41.0 Å². The van der Waals surface area contributed by atoms with Crippen molar-refractivity contribution in [2.24, 2.45) is 11.5 Å². The Balaban J connectivity index is -0.000000196. The van der Waals surface area contributed by atoms with Crippen LogP contribution in [-0.4, -0.2) is 18.0 Å². The van der Waals surface area contributed by atoms with Crippen molar-refractivity contribution >= 4 is 10.1 Å². The van der Waals surface area contributed by atoms with Crippen LogP contribution in [0.4, 0.5) is 0 Å². The van der Waals surface area contributed by atoms with Crippen LogP contribution in [0.5, 0.6) is 0 Å². The summed E-state index contributed by atoms with van der Waals surface area (Å²) in [5.74, 6) is 0. The molecule has 0 aliphatic heterocycles. The van der Waals surface area contributed by atoms with Crippen molar-refractivity contribution in [1.29, 1.82) is 0 Å². The van der Waals surface area contributed by atoms with E-state index in [2.05, 4.69) is 24.6 Å². The van der Waals surface area contributed by atoms with E-state index in [1.807, 2.05) is 0 Å². The van der Waals surface area contributed by atoms with Crippen LogP contribution in [0.1, 0.15) is 6.92 Å². The van der Waals surface area contributed by atoms with E-state index in [0.29, 0.717) is 0 Å². The van der Waals surface area contributed by atoms with Crippen LogP contribution in [-0.2, 0) is 10.1 Å². The van der Waals surface area contributed by atoms with Crippen molar-refractivity contribution in [2.45, 2.75) is 11.9 Å². The third kappa shape index (κ3) is 8.48. The zero-order valence-corrected chi connectivity index (χ0v) is 9.52. The number of hydrogen-bond donors (Lipinski definition) is 2. The topological polar surface area (TPSA) is 109 Å². The predicted molar refractivity (Wildman–Crippen MR) is 37.7 cm³/mol. The summed E-state index contributed by atoms with van der Waals surface area (Å²) in [6.45, 7) is 6.93. The maximum atomic E-state index is 9.85. The summed E-state index contributed by atoms with van der Waals surface area (Å²) in [5.41, 5.74) is 9.38. The van der Waals surface area contributed by atoms with Gasteiger partial charge >= 0.3 is 29.6 Å². The molecule has 0 unspecified atom stereocenters. The minimum absolute atomic E-state index is 0. The van der Waals surface area contributed by atoms with Gasteiger partial charge in [-0.2, -0.15) is 0 Å². The molecule has 5 nitrogen and oxygen atoms in total. The molecule has 0 aliphatic carbocycles. The first-order valence-electron chi connectivity index (χ1n) is 2.28. The molecule has 0 radical (unpaired) electrons. The zero-order chi connectivity index (χ0) is 9.00. The van der Waals surface area contributed by atoms with Crippen LogP contribution in [0, 0.1) is 0 Å². The van der Waals surface area contributed by atoms with Gasteiger partial charge < -0.3 is 16.0 Å². The fourth-order valence-electron chi connectivity index (χ4n) is 0. The molecule has 0 heterocycles. The van der Waals surface area contributed by atoms with Gasteiger partial charge in [-0.15, -0.1) is 13.2 Å². The van der Waals surface area contributed by atoms with Crippen molar-refractivity contribution in [2.75, 3.05) is 0 Å². The maximum Gasteiger partial charge on any atom is 1.00 e. The van der Waals surface area contributed by atoms with E-state index in [4.69, 9.17) is 0 Å². The zero-order valence-electron chi connectivity index (χ0n) is 6.70. The summed E-state index contributed by atoms with van der Waals surface area (Å²) in [5, 5.41) is 0. The van der Waals surface area contributed by atoms with Gasteiger partial charge in [0.05, 0.1) is 0 Å². The van der Waals surface area contributed by atoms with Gasteiger partial charge in [0.1, 0.15) is 10.1 Å². The number of hydrogen-bond acceptors (Lipinski definition) is 5. The van der Waals surface area contributed by atoms with Gasteiger partial charge in [-0.3, -0.25) is 0 Å². The average molecular weight is 190 g/mol. The molecule has 0 atom stereocenters. The summed E-state index contributed by atoms with van der Waals surface area (Å²) in [7, 11) is -4.53. The van der Waals surface area contributed by atoms with Crippen LogP contribution in [0.25, 0.3) is 0 Å². The second kappa shape index (κ2) is 6.13. The van der Waals surface area contributed by atoms with Gasteiger partial charge in [-0.25, -0.2) is 8.42 Å². The Bertz CT molecular complexity index is 184. The Labute approximate surface area is 88.9 Å². The molecule has 0 saturated carbocycles. The van der Waals surface area contributed by atoms with Crippen LogP contribution in [0.15, 0.2) is 13.2 Å². The van der Waals surface area contributed by atoms with Gasteiger partial charge in [-0.05, 0) is 6.92 Å². The average Bonchev–Trinajstić information content (AvgIpc) is 1.66. The molecule has 0 aromatic rings. The second-order valence-electron chi connectivity index (χ2n) is 1.64. The Kier molecular flexibility index (Phi) is 9.80. The van der Waals surface area contributed by atoms with E-state index in [0.717, 1.165) is 6.92 Å². The van der Waals surface area contributed by atoms with E-state index in [-0.39, 0.29) is 29.6 Å². The van der Waals surface area contributed by atoms with Crippen LogP contribution >= 0.6 is 0 Å². The first-order valence-corrected chi connectivity index (χ1v) is 3.69.